The van der Waals surface area contributed by atoms with E-state index in [9.17, 15) is 4.79 Å². The van der Waals surface area contributed by atoms with E-state index in [0.29, 0.717) is 29.4 Å². The standard InChI is InChI=1S/C8H11BrN2O2S/c9-6-1-2-7(10)11(8(6)12)3-4-13-5-14/h1-2,14H,3-5,10H2. The first-order valence-electron chi connectivity index (χ1n) is 4.00. The van der Waals surface area contributed by atoms with Gasteiger partial charge in [-0.2, -0.15) is 12.6 Å². The van der Waals surface area contributed by atoms with Crippen molar-refractivity contribution in [1.82, 2.24) is 4.57 Å². The molecular weight excluding hydrogens is 268 g/mol. The molecule has 0 saturated heterocycles. The molecule has 0 aliphatic heterocycles. The first-order valence-corrected chi connectivity index (χ1v) is 5.42. The Hall–Kier alpha value is -0.460. The lowest BCUT2D eigenvalue weighted by atomic mass is 10.4. The fraction of sp³-hybridized carbons (Fsp3) is 0.375. The van der Waals surface area contributed by atoms with Gasteiger partial charge in [0, 0.05) is 0 Å². The Morgan fingerprint density at radius 1 is 1.57 bits per heavy atom. The zero-order valence-electron chi connectivity index (χ0n) is 7.44. The Balaban J connectivity index is 2.84. The molecule has 0 aliphatic rings. The van der Waals surface area contributed by atoms with Gasteiger partial charge in [-0.05, 0) is 28.1 Å². The number of nitrogens with two attached hydrogens (primary N) is 1. The van der Waals surface area contributed by atoms with Crippen LogP contribution in [0.3, 0.4) is 0 Å². The van der Waals surface area contributed by atoms with Gasteiger partial charge < -0.3 is 10.5 Å². The van der Waals surface area contributed by atoms with Crippen molar-refractivity contribution in [1.29, 1.82) is 0 Å². The van der Waals surface area contributed by atoms with Crippen molar-refractivity contribution in [3.8, 4) is 0 Å². The molecule has 78 valence electrons. The largest absolute Gasteiger partial charge is 0.385 e. The monoisotopic (exact) mass is 278 g/mol. The molecule has 0 radical (unpaired) electrons. The minimum absolute atomic E-state index is 0.146. The molecule has 6 heteroatoms. The van der Waals surface area contributed by atoms with E-state index in [1.807, 2.05) is 0 Å². The number of nitrogens with zero attached hydrogens (tertiary/aromatic N) is 1. The molecule has 2 N–H and O–H groups in total. The van der Waals surface area contributed by atoms with Crippen LogP contribution >= 0.6 is 28.6 Å². The minimum Gasteiger partial charge on any atom is -0.385 e. The van der Waals surface area contributed by atoms with Crippen molar-refractivity contribution in [2.75, 3.05) is 18.3 Å². The predicted molar refractivity (Wildman–Crippen MR) is 62.6 cm³/mol. The van der Waals surface area contributed by atoms with Gasteiger partial charge in [-0.3, -0.25) is 9.36 Å². The molecule has 0 fully saturated rings. The average molecular weight is 279 g/mol. The lowest BCUT2D eigenvalue weighted by molar-refractivity contribution is 0.173. The Morgan fingerprint density at radius 2 is 2.29 bits per heavy atom. The summed E-state index contributed by atoms with van der Waals surface area (Å²) in [5, 5.41) is 0. The second-order valence-electron chi connectivity index (χ2n) is 2.60. The first kappa shape index (κ1) is 11.6. The van der Waals surface area contributed by atoms with Crippen molar-refractivity contribution < 1.29 is 4.74 Å². The highest BCUT2D eigenvalue weighted by atomic mass is 79.9. The van der Waals surface area contributed by atoms with Crippen LogP contribution in [-0.4, -0.2) is 17.1 Å². The number of hydrogen-bond donors (Lipinski definition) is 2. The number of nitrogen functional groups attached to an aromatic ring is 1. The van der Waals surface area contributed by atoms with Gasteiger partial charge in [0.05, 0.1) is 23.6 Å². The molecule has 0 amide bonds. The van der Waals surface area contributed by atoms with E-state index in [0.717, 1.165) is 0 Å². The van der Waals surface area contributed by atoms with Crippen LogP contribution in [0.5, 0.6) is 0 Å². The third-order valence-electron chi connectivity index (χ3n) is 1.71. The molecule has 1 rings (SSSR count). The van der Waals surface area contributed by atoms with Crippen LogP contribution in [0, 0.1) is 0 Å². The van der Waals surface area contributed by atoms with Gasteiger partial charge in [0.15, 0.2) is 0 Å². The van der Waals surface area contributed by atoms with E-state index in [4.69, 9.17) is 10.5 Å². The molecule has 0 saturated carbocycles. The summed E-state index contributed by atoms with van der Waals surface area (Å²) >= 11 is 7.03. The van der Waals surface area contributed by atoms with E-state index in [2.05, 4.69) is 28.6 Å². The van der Waals surface area contributed by atoms with Crippen LogP contribution < -0.4 is 11.3 Å². The van der Waals surface area contributed by atoms with Gasteiger partial charge in [0.2, 0.25) is 0 Å². The van der Waals surface area contributed by atoms with Crippen molar-refractivity contribution in [2.24, 2.45) is 0 Å². The minimum atomic E-state index is -0.146. The third-order valence-corrected chi connectivity index (χ3v) is 2.50. The highest BCUT2D eigenvalue weighted by molar-refractivity contribution is 9.10. The fourth-order valence-corrected chi connectivity index (χ4v) is 1.49. The number of hydrogen-bond acceptors (Lipinski definition) is 4. The molecule has 0 atom stereocenters. The van der Waals surface area contributed by atoms with Gasteiger partial charge >= 0.3 is 0 Å². The maximum Gasteiger partial charge on any atom is 0.266 e. The number of pyridine rings is 1. The third kappa shape index (κ3) is 2.76. The molecule has 0 spiro atoms. The molecule has 1 heterocycles. The summed E-state index contributed by atoms with van der Waals surface area (Å²) < 4.78 is 6.97. The van der Waals surface area contributed by atoms with E-state index in [1.54, 1.807) is 12.1 Å². The number of halogens is 1. The SMILES string of the molecule is Nc1ccc(Br)c(=O)n1CCOCS. The second kappa shape index (κ2) is 5.43. The summed E-state index contributed by atoms with van der Waals surface area (Å²) in [5.41, 5.74) is 5.49. The average Bonchev–Trinajstić information content (AvgIpc) is 2.18. The summed E-state index contributed by atoms with van der Waals surface area (Å²) in [6, 6.07) is 3.31. The summed E-state index contributed by atoms with van der Waals surface area (Å²) in [6.45, 7) is 0.856. The topological polar surface area (TPSA) is 57.2 Å². The van der Waals surface area contributed by atoms with Gasteiger partial charge in [-0.1, -0.05) is 0 Å². The first-order chi connectivity index (χ1) is 6.66. The summed E-state index contributed by atoms with van der Waals surface area (Å²) in [5.74, 6) is 0.767. The van der Waals surface area contributed by atoms with Crippen molar-refractivity contribution >= 4 is 34.4 Å². The quantitative estimate of drug-likeness (QED) is 0.493. The highest BCUT2D eigenvalue weighted by Crippen LogP contribution is 2.06. The van der Waals surface area contributed by atoms with Crippen LogP contribution in [0.25, 0.3) is 0 Å². The number of anilines is 1. The smallest absolute Gasteiger partial charge is 0.266 e. The summed E-state index contributed by atoms with van der Waals surface area (Å²) in [7, 11) is 0. The molecule has 0 unspecified atom stereocenters. The van der Waals surface area contributed by atoms with Crippen LogP contribution in [0.1, 0.15) is 0 Å². The maximum absolute atomic E-state index is 11.5. The molecule has 4 nitrogen and oxygen atoms in total. The molecule has 14 heavy (non-hydrogen) atoms. The lowest BCUT2D eigenvalue weighted by Gasteiger charge is -2.09. The van der Waals surface area contributed by atoms with Crippen LogP contribution in [0.4, 0.5) is 5.82 Å². The molecule has 0 bridgehead atoms. The van der Waals surface area contributed by atoms with Crippen molar-refractivity contribution in [3.05, 3.63) is 27.0 Å². The van der Waals surface area contributed by atoms with Gasteiger partial charge in [-0.15, -0.1) is 0 Å². The zero-order valence-corrected chi connectivity index (χ0v) is 9.92. The summed E-state index contributed by atoms with van der Waals surface area (Å²) in [4.78, 5) is 11.5. The van der Waals surface area contributed by atoms with Gasteiger partial charge in [0.25, 0.3) is 5.56 Å². The van der Waals surface area contributed by atoms with E-state index in [1.165, 1.54) is 4.57 Å². The number of rotatable bonds is 4. The Morgan fingerprint density at radius 3 is 2.93 bits per heavy atom. The van der Waals surface area contributed by atoms with Crippen molar-refractivity contribution in [3.63, 3.8) is 0 Å². The van der Waals surface area contributed by atoms with Crippen molar-refractivity contribution in [2.45, 2.75) is 6.54 Å². The molecule has 1 aromatic rings. The van der Waals surface area contributed by atoms with E-state index < -0.39 is 0 Å². The zero-order chi connectivity index (χ0) is 10.6. The van der Waals surface area contributed by atoms with Crippen LogP contribution in [-0.2, 0) is 11.3 Å². The Kier molecular flexibility index (Phi) is 4.50. The molecule has 0 aliphatic carbocycles. The highest BCUT2D eigenvalue weighted by Gasteiger charge is 2.03. The Bertz CT molecular complexity index is 367. The molecular formula is C8H11BrN2O2S. The van der Waals surface area contributed by atoms with Gasteiger partial charge in [0.1, 0.15) is 5.82 Å². The molecule has 1 aromatic heterocycles. The predicted octanol–water partition coefficient (Wildman–Crippen LogP) is 1.10. The van der Waals surface area contributed by atoms with Gasteiger partial charge in [-0.25, -0.2) is 0 Å². The van der Waals surface area contributed by atoms with E-state index >= 15 is 0 Å². The lowest BCUT2D eigenvalue weighted by Crippen LogP contribution is -2.25. The fourth-order valence-electron chi connectivity index (χ4n) is 1.02. The molecule has 0 aromatic carbocycles. The summed E-state index contributed by atoms with van der Waals surface area (Å²) in [6.07, 6.45) is 0. The number of thiol groups is 1. The second-order valence-corrected chi connectivity index (χ2v) is 3.71. The van der Waals surface area contributed by atoms with Crippen LogP contribution in [0.2, 0.25) is 0 Å². The van der Waals surface area contributed by atoms with E-state index in [-0.39, 0.29) is 5.56 Å². The number of aromatic nitrogens is 1. The normalized spacial score (nSPS) is 10.4. The maximum atomic E-state index is 11.5. The van der Waals surface area contributed by atoms with Crippen LogP contribution in [0.15, 0.2) is 21.4 Å². The Labute approximate surface area is 95.6 Å². The number of ether oxygens (including phenoxy) is 1.